The molecule has 1 aromatic carbocycles. The van der Waals surface area contributed by atoms with Crippen molar-refractivity contribution in [1.82, 2.24) is 19.7 Å². The summed E-state index contributed by atoms with van der Waals surface area (Å²) in [6.45, 7) is 7.09. The number of benzene rings is 1. The first-order valence-electron chi connectivity index (χ1n) is 7.89. The van der Waals surface area contributed by atoms with E-state index in [1.165, 1.54) is 5.56 Å². The van der Waals surface area contributed by atoms with Crippen LogP contribution >= 0.6 is 0 Å². The van der Waals surface area contributed by atoms with Crippen LogP contribution < -0.4 is 10.6 Å². The molecule has 0 amide bonds. The monoisotopic (exact) mass is 310 g/mol. The van der Waals surface area contributed by atoms with Crippen LogP contribution in [0.15, 0.2) is 24.3 Å². The summed E-state index contributed by atoms with van der Waals surface area (Å²) in [6.07, 6.45) is 0.822. The minimum atomic E-state index is 0.269. The Morgan fingerprint density at radius 1 is 1.17 bits per heavy atom. The molecule has 0 bridgehead atoms. The van der Waals surface area contributed by atoms with Crippen molar-refractivity contribution in [3.63, 3.8) is 0 Å². The molecule has 2 heterocycles. The largest absolute Gasteiger partial charge is 0.368 e. The molecule has 6 heteroatoms. The molecule has 3 rings (SSSR count). The minimum absolute atomic E-state index is 0.269. The number of hydrogen-bond acceptors (Lipinski definition) is 5. The van der Waals surface area contributed by atoms with Crippen molar-refractivity contribution in [3.05, 3.63) is 35.5 Å². The maximum atomic E-state index is 5.96. The highest BCUT2D eigenvalue weighted by Gasteiger charge is 2.21. The Bertz CT molecular complexity index is 852. The molecular formula is C17H22N6. The summed E-state index contributed by atoms with van der Waals surface area (Å²) in [6, 6.07) is 8.28. The normalized spacial score (nSPS) is 11.1. The molecule has 120 valence electrons. The highest BCUT2D eigenvalue weighted by Crippen LogP contribution is 2.34. The maximum absolute atomic E-state index is 5.96. The first-order valence-corrected chi connectivity index (χ1v) is 7.89. The fourth-order valence-corrected chi connectivity index (χ4v) is 2.97. The Kier molecular flexibility index (Phi) is 3.90. The number of para-hydroxylation sites is 1. The van der Waals surface area contributed by atoms with Crippen LogP contribution in [0.1, 0.15) is 25.1 Å². The van der Waals surface area contributed by atoms with Crippen LogP contribution in [0, 0.1) is 6.92 Å². The standard InChI is InChI=1S/C17H22N6/c1-5-12-14-15(22(4)21-12)19-17(18)20-16(14)23(6-2)13-10-8-7-9-11(13)3/h7-10H,5-6H2,1-4H3,(H2,18,19,20). The fraction of sp³-hybridized carbons (Fsp3) is 0.353. The van der Waals surface area contributed by atoms with Gasteiger partial charge in [-0.05, 0) is 31.9 Å². The Morgan fingerprint density at radius 2 is 1.91 bits per heavy atom. The molecule has 3 aromatic rings. The molecule has 0 fully saturated rings. The summed E-state index contributed by atoms with van der Waals surface area (Å²) in [5, 5.41) is 5.56. The van der Waals surface area contributed by atoms with Gasteiger partial charge in [0.25, 0.3) is 0 Å². The summed E-state index contributed by atoms with van der Waals surface area (Å²) < 4.78 is 1.78. The molecule has 0 spiro atoms. The first kappa shape index (κ1) is 15.3. The van der Waals surface area contributed by atoms with Gasteiger partial charge in [0.1, 0.15) is 5.82 Å². The van der Waals surface area contributed by atoms with Crippen molar-refractivity contribution < 1.29 is 0 Å². The van der Waals surface area contributed by atoms with Crippen LogP contribution in [0.4, 0.5) is 17.5 Å². The van der Waals surface area contributed by atoms with E-state index in [1.807, 2.05) is 19.2 Å². The maximum Gasteiger partial charge on any atom is 0.224 e. The molecule has 2 N–H and O–H groups in total. The predicted molar refractivity (Wildman–Crippen MR) is 94.0 cm³/mol. The van der Waals surface area contributed by atoms with Gasteiger partial charge in [-0.1, -0.05) is 25.1 Å². The topological polar surface area (TPSA) is 72.9 Å². The van der Waals surface area contributed by atoms with E-state index in [0.29, 0.717) is 0 Å². The molecule has 2 aromatic heterocycles. The number of aryl methyl sites for hydroxylation is 3. The van der Waals surface area contributed by atoms with Crippen LogP contribution in [0.5, 0.6) is 0 Å². The number of hydrogen-bond donors (Lipinski definition) is 1. The van der Waals surface area contributed by atoms with Gasteiger partial charge in [0, 0.05) is 19.3 Å². The third kappa shape index (κ3) is 2.50. The number of rotatable bonds is 4. The van der Waals surface area contributed by atoms with Crippen molar-refractivity contribution in [3.8, 4) is 0 Å². The summed E-state index contributed by atoms with van der Waals surface area (Å²) >= 11 is 0. The van der Waals surface area contributed by atoms with Gasteiger partial charge in [-0.25, -0.2) is 4.68 Å². The zero-order chi connectivity index (χ0) is 16.6. The Labute approximate surface area is 136 Å². The quantitative estimate of drug-likeness (QED) is 0.802. The summed E-state index contributed by atoms with van der Waals surface area (Å²) in [7, 11) is 1.89. The molecule has 6 nitrogen and oxygen atoms in total. The number of anilines is 3. The molecule has 0 aliphatic rings. The van der Waals surface area contributed by atoms with E-state index in [9.17, 15) is 0 Å². The van der Waals surface area contributed by atoms with E-state index < -0.39 is 0 Å². The van der Waals surface area contributed by atoms with E-state index in [1.54, 1.807) is 4.68 Å². The molecule has 0 aliphatic heterocycles. The summed E-state index contributed by atoms with van der Waals surface area (Å²) in [4.78, 5) is 11.1. The molecule has 0 aliphatic carbocycles. The highest BCUT2D eigenvalue weighted by molar-refractivity contribution is 5.93. The molecule has 0 saturated heterocycles. The van der Waals surface area contributed by atoms with Crippen molar-refractivity contribution in [2.75, 3.05) is 17.2 Å². The first-order chi connectivity index (χ1) is 11.1. The second-order valence-electron chi connectivity index (χ2n) is 5.56. The number of nitrogens with zero attached hydrogens (tertiary/aromatic N) is 5. The number of nitrogens with two attached hydrogens (primary N) is 1. The molecular weight excluding hydrogens is 288 g/mol. The second-order valence-corrected chi connectivity index (χ2v) is 5.56. The lowest BCUT2D eigenvalue weighted by Crippen LogP contribution is -2.20. The predicted octanol–water partition coefficient (Wildman–Crippen LogP) is 2.97. The van der Waals surface area contributed by atoms with Crippen LogP contribution in [0.25, 0.3) is 11.0 Å². The van der Waals surface area contributed by atoms with Crippen LogP contribution in [-0.2, 0) is 13.5 Å². The van der Waals surface area contributed by atoms with Gasteiger partial charge in [-0.15, -0.1) is 0 Å². The van der Waals surface area contributed by atoms with Gasteiger partial charge >= 0.3 is 0 Å². The van der Waals surface area contributed by atoms with Gasteiger partial charge in [0.05, 0.1) is 11.1 Å². The third-order valence-corrected chi connectivity index (χ3v) is 4.07. The van der Waals surface area contributed by atoms with E-state index in [4.69, 9.17) is 5.73 Å². The van der Waals surface area contributed by atoms with Crippen molar-refractivity contribution >= 4 is 28.5 Å². The van der Waals surface area contributed by atoms with Crippen molar-refractivity contribution in [2.24, 2.45) is 7.05 Å². The number of nitrogen functional groups attached to an aromatic ring is 1. The average molecular weight is 310 g/mol. The van der Waals surface area contributed by atoms with Crippen LogP contribution in [0.2, 0.25) is 0 Å². The average Bonchev–Trinajstić information content (AvgIpc) is 2.86. The molecule has 0 unspecified atom stereocenters. The smallest absolute Gasteiger partial charge is 0.224 e. The second kappa shape index (κ2) is 5.87. The zero-order valence-electron chi connectivity index (χ0n) is 14.0. The van der Waals surface area contributed by atoms with E-state index in [-0.39, 0.29) is 5.95 Å². The number of aromatic nitrogens is 4. The van der Waals surface area contributed by atoms with Gasteiger partial charge in [-0.2, -0.15) is 15.1 Å². The van der Waals surface area contributed by atoms with Gasteiger partial charge < -0.3 is 10.6 Å². The lowest BCUT2D eigenvalue weighted by molar-refractivity contribution is 0.762. The fourth-order valence-electron chi connectivity index (χ4n) is 2.97. The van der Waals surface area contributed by atoms with Crippen LogP contribution in [0.3, 0.4) is 0 Å². The van der Waals surface area contributed by atoms with Crippen molar-refractivity contribution in [2.45, 2.75) is 27.2 Å². The van der Waals surface area contributed by atoms with Gasteiger partial charge in [-0.3, -0.25) is 0 Å². The molecule has 0 atom stereocenters. The molecule has 0 radical (unpaired) electrons. The van der Waals surface area contributed by atoms with E-state index in [2.05, 4.69) is 52.9 Å². The Balaban J connectivity index is 2.31. The summed E-state index contributed by atoms with van der Waals surface area (Å²) in [5.74, 6) is 1.10. The van der Waals surface area contributed by atoms with E-state index >= 15 is 0 Å². The molecule has 23 heavy (non-hydrogen) atoms. The van der Waals surface area contributed by atoms with Gasteiger partial charge in [0.2, 0.25) is 5.95 Å². The Hall–Kier alpha value is -2.63. The zero-order valence-corrected chi connectivity index (χ0v) is 14.0. The van der Waals surface area contributed by atoms with Crippen molar-refractivity contribution in [1.29, 1.82) is 0 Å². The lowest BCUT2D eigenvalue weighted by atomic mass is 10.1. The molecule has 0 saturated carbocycles. The Morgan fingerprint density at radius 3 is 2.57 bits per heavy atom. The lowest BCUT2D eigenvalue weighted by Gasteiger charge is -2.25. The SMILES string of the molecule is CCc1nn(C)c2nc(N)nc(N(CC)c3ccccc3C)c12. The summed E-state index contributed by atoms with van der Waals surface area (Å²) in [5.41, 5.74) is 10.0. The van der Waals surface area contributed by atoms with E-state index in [0.717, 1.165) is 41.2 Å². The third-order valence-electron chi connectivity index (χ3n) is 4.07. The minimum Gasteiger partial charge on any atom is -0.368 e. The highest BCUT2D eigenvalue weighted by atomic mass is 15.3. The number of fused-ring (bicyclic) bond motifs is 1. The van der Waals surface area contributed by atoms with Gasteiger partial charge in [0.15, 0.2) is 5.65 Å². The van der Waals surface area contributed by atoms with Crippen LogP contribution in [-0.4, -0.2) is 26.3 Å².